The monoisotopic (exact) mass is 486 g/mol. The van der Waals surface area contributed by atoms with E-state index in [4.69, 9.17) is 14.2 Å². The first-order valence-electron chi connectivity index (χ1n) is 11.7. The van der Waals surface area contributed by atoms with Gasteiger partial charge >= 0.3 is 0 Å². The highest BCUT2D eigenvalue weighted by Crippen LogP contribution is 2.43. The molecule has 11 heteroatoms. The molecule has 2 N–H and O–H groups in total. The minimum atomic E-state index is -0.533. The average Bonchev–Trinajstić information content (AvgIpc) is 3.59. The third-order valence-electron chi connectivity index (χ3n) is 6.55. The van der Waals surface area contributed by atoms with Crippen molar-refractivity contribution in [2.75, 3.05) is 37.9 Å². The van der Waals surface area contributed by atoms with E-state index < -0.39 is 22.1 Å². The van der Waals surface area contributed by atoms with Crippen LogP contribution in [0.2, 0.25) is 0 Å². The predicted molar refractivity (Wildman–Crippen MR) is 130 cm³/mol. The Morgan fingerprint density at radius 1 is 0.829 bits per heavy atom. The molecule has 4 rings (SSSR count). The molecule has 0 radical (unpaired) electrons. The first-order chi connectivity index (χ1) is 16.9. The summed E-state index contributed by atoms with van der Waals surface area (Å²) in [5.74, 6) is 0. The molecular formula is C24H30N4O7. The standard InChI is InChI=1S/C24H30N4O7/c1-25-19-13-15(27(29)30)7-9-17(19)23(21-5-3-11-33-21)35-24(22-6-4-12-34-22)18-10-8-16(28(31)32)14-20(18)26-2/h7-10,13-14,21-26H,3-6,11-12H2,1-2H3. The van der Waals surface area contributed by atoms with Gasteiger partial charge in [-0.3, -0.25) is 20.2 Å². The van der Waals surface area contributed by atoms with Gasteiger partial charge in [0.05, 0.1) is 22.1 Å². The number of nitrogens with zero attached hydrogens (tertiary/aromatic N) is 2. The Bertz CT molecular complexity index is 984. The van der Waals surface area contributed by atoms with Crippen molar-refractivity contribution in [1.29, 1.82) is 0 Å². The number of hydrogen-bond donors (Lipinski definition) is 2. The Hall–Kier alpha value is -3.28. The molecule has 2 aromatic carbocycles. The maximum atomic E-state index is 11.3. The highest BCUT2D eigenvalue weighted by atomic mass is 16.6. The zero-order valence-electron chi connectivity index (χ0n) is 19.8. The summed E-state index contributed by atoms with van der Waals surface area (Å²) in [6.45, 7) is 1.21. The number of nitro groups is 2. The number of benzene rings is 2. The lowest BCUT2D eigenvalue weighted by Gasteiger charge is -2.33. The van der Waals surface area contributed by atoms with Crippen molar-refractivity contribution in [2.45, 2.75) is 50.1 Å². The van der Waals surface area contributed by atoms with Gasteiger partial charge in [-0.15, -0.1) is 0 Å². The Morgan fingerprint density at radius 2 is 1.26 bits per heavy atom. The molecule has 0 amide bonds. The van der Waals surface area contributed by atoms with Crippen LogP contribution in [0.25, 0.3) is 0 Å². The van der Waals surface area contributed by atoms with Gasteiger partial charge in [0, 0.05) is 74.1 Å². The number of anilines is 2. The molecule has 188 valence electrons. The molecule has 0 aliphatic carbocycles. The lowest BCUT2D eigenvalue weighted by molar-refractivity contribution is -0.385. The van der Waals surface area contributed by atoms with Crippen LogP contribution >= 0.6 is 0 Å². The number of hydrogen-bond acceptors (Lipinski definition) is 9. The molecule has 0 aromatic heterocycles. The molecular weight excluding hydrogens is 456 g/mol. The number of nitrogens with one attached hydrogen (secondary N) is 2. The van der Waals surface area contributed by atoms with Crippen LogP contribution in [0.1, 0.15) is 49.0 Å². The van der Waals surface area contributed by atoms with Crippen molar-refractivity contribution in [1.82, 2.24) is 0 Å². The van der Waals surface area contributed by atoms with E-state index in [-0.39, 0.29) is 23.6 Å². The summed E-state index contributed by atoms with van der Waals surface area (Å²) in [4.78, 5) is 21.8. The number of non-ortho nitro benzene ring substituents is 2. The third kappa shape index (κ3) is 5.37. The summed E-state index contributed by atoms with van der Waals surface area (Å²) in [6, 6.07) is 9.33. The lowest BCUT2D eigenvalue weighted by atomic mass is 9.96. The Kier molecular flexibility index (Phi) is 7.79. The summed E-state index contributed by atoms with van der Waals surface area (Å²) in [6.07, 6.45) is 1.77. The van der Waals surface area contributed by atoms with Crippen molar-refractivity contribution in [2.24, 2.45) is 0 Å². The summed E-state index contributed by atoms with van der Waals surface area (Å²) in [5, 5.41) is 28.8. The van der Waals surface area contributed by atoms with Crippen molar-refractivity contribution >= 4 is 22.7 Å². The molecule has 11 nitrogen and oxygen atoms in total. The minimum absolute atomic E-state index is 0.0206. The van der Waals surface area contributed by atoms with Gasteiger partial charge in [-0.05, 0) is 37.8 Å². The second-order valence-corrected chi connectivity index (χ2v) is 8.64. The highest BCUT2D eigenvalue weighted by Gasteiger charge is 2.38. The second kappa shape index (κ2) is 11.0. The smallest absolute Gasteiger partial charge is 0.271 e. The van der Waals surface area contributed by atoms with Gasteiger partial charge in [0.25, 0.3) is 11.4 Å². The van der Waals surface area contributed by atoms with Crippen LogP contribution < -0.4 is 10.6 Å². The molecule has 4 unspecified atom stereocenters. The van der Waals surface area contributed by atoms with Crippen molar-refractivity contribution in [3.8, 4) is 0 Å². The lowest BCUT2D eigenvalue weighted by Crippen LogP contribution is -2.29. The molecule has 2 saturated heterocycles. The maximum absolute atomic E-state index is 11.3. The van der Waals surface area contributed by atoms with E-state index in [0.29, 0.717) is 24.6 Å². The molecule has 0 saturated carbocycles. The summed E-state index contributed by atoms with van der Waals surface area (Å²) in [7, 11) is 3.42. The summed E-state index contributed by atoms with van der Waals surface area (Å²) >= 11 is 0. The molecule has 4 atom stereocenters. The van der Waals surface area contributed by atoms with Gasteiger partial charge in [-0.25, -0.2) is 0 Å². The number of ether oxygens (including phenoxy) is 3. The van der Waals surface area contributed by atoms with Crippen LogP contribution in [-0.2, 0) is 14.2 Å². The van der Waals surface area contributed by atoms with Gasteiger partial charge in [-0.1, -0.05) is 0 Å². The van der Waals surface area contributed by atoms with Gasteiger partial charge in [0.1, 0.15) is 12.2 Å². The van der Waals surface area contributed by atoms with Crippen LogP contribution in [0.5, 0.6) is 0 Å². The van der Waals surface area contributed by atoms with Crippen molar-refractivity contribution in [3.05, 3.63) is 67.8 Å². The molecule has 35 heavy (non-hydrogen) atoms. The van der Waals surface area contributed by atoms with Gasteiger partial charge in [0.2, 0.25) is 0 Å². The molecule has 2 aliphatic heterocycles. The van der Waals surface area contributed by atoms with Crippen LogP contribution in [0.15, 0.2) is 36.4 Å². The van der Waals surface area contributed by atoms with Gasteiger partial charge in [-0.2, -0.15) is 0 Å². The normalized spacial score (nSPS) is 21.4. The predicted octanol–water partition coefficient (Wildman–Crippen LogP) is 4.74. The van der Waals surface area contributed by atoms with E-state index in [9.17, 15) is 20.2 Å². The van der Waals surface area contributed by atoms with Gasteiger partial charge in [0.15, 0.2) is 0 Å². The van der Waals surface area contributed by atoms with E-state index in [2.05, 4.69) is 10.6 Å². The molecule has 0 spiro atoms. The molecule has 2 fully saturated rings. The zero-order chi connectivity index (χ0) is 24.9. The van der Waals surface area contributed by atoms with Crippen molar-refractivity contribution < 1.29 is 24.1 Å². The van der Waals surface area contributed by atoms with E-state index in [1.807, 2.05) is 0 Å². The van der Waals surface area contributed by atoms with Crippen LogP contribution in [-0.4, -0.2) is 49.4 Å². The molecule has 2 aromatic rings. The number of rotatable bonds is 10. The Labute approximate surface area is 203 Å². The Balaban J connectivity index is 1.77. The van der Waals surface area contributed by atoms with E-state index >= 15 is 0 Å². The fourth-order valence-electron chi connectivity index (χ4n) is 4.81. The van der Waals surface area contributed by atoms with E-state index in [1.54, 1.807) is 26.2 Å². The van der Waals surface area contributed by atoms with Crippen LogP contribution in [0.4, 0.5) is 22.7 Å². The van der Waals surface area contributed by atoms with Crippen LogP contribution in [0.3, 0.4) is 0 Å². The van der Waals surface area contributed by atoms with Crippen molar-refractivity contribution in [3.63, 3.8) is 0 Å². The topological polar surface area (TPSA) is 138 Å². The van der Waals surface area contributed by atoms with E-state index in [0.717, 1.165) is 36.8 Å². The molecule has 0 bridgehead atoms. The first-order valence-corrected chi connectivity index (χ1v) is 11.7. The quantitative estimate of drug-likeness (QED) is 0.360. The summed E-state index contributed by atoms with van der Waals surface area (Å²) in [5.41, 5.74) is 2.63. The van der Waals surface area contributed by atoms with E-state index in [1.165, 1.54) is 24.3 Å². The summed E-state index contributed by atoms with van der Waals surface area (Å²) < 4.78 is 18.8. The van der Waals surface area contributed by atoms with Gasteiger partial charge < -0.3 is 24.8 Å². The minimum Gasteiger partial charge on any atom is -0.388 e. The zero-order valence-corrected chi connectivity index (χ0v) is 19.8. The SMILES string of the molecule is CNc1cc([N+](=O)[O-])ccc1C(OC(c1ccc([N+](=O)[O-])cc1NC)C1CCCO1)C1CCCO1. The molecule has 2 heterocycles. The largest absolute Gasteiger partial charge is 0.388 e. The third-order valence-corrected chi connectivity index (χ3v) is 6.55. The van der Waals surface area contributed by atoms with Crippen LogP contribution in [0, 0.1) is 20.2 Å². The first kappa shape index (κ1) is 24.8. The Morgan fingerprint density at radius 3 is 1.57 bits per heavy atom. The highest BCUT2D eigenvalue weighted by molar-refractivity contribution is 5.59. The molecule has 2 aliphatic rings. The maximum Gasteiger partial charge on any atom is 0.271 e. The fourth-order valence-corrected chi connectivity index (χ4v) is 4.81. The number of nitro benzene ring substituents is 2. The second-order valence-electron chi connectivity index (χ2n) is 8.64. The fraction of sp³-hybridized carbons (Fsp3) is 0.500. The average molecular weight is 487 g/mol.